The summed E-state index contributed by atoms with van der Waals surface area (Å²) in [5.74, 6) is -2.99. The van der Waals surface area contributed by atoms with Crippen LogP contribution in [-0.4, -0.2) is 28.8 Å². The molecule has 1 unspecified atom stereocenters. The normalized spacial score (nSPS) is 11.5. The van der Waals surface area contributed by atoms with E-state index < -0.39 is 40.3 Å². The Hall–Kier alpha value is -4.06. The molecule has 2 heterocycles. The summed E-state index contributed by atoms with van der Waals surface area (Å²) < 4.78 is 23.6. The molecule has 3 aromatic rings. The molecule has 0 fully saturated rings. The first-order chi connectivity index (χ1) is 15.2. The van der Waals surface area contributed by atoms with Crippen LogP contribution in [0.25, 0.3) is 0 Å². The minimum atomic E-state index is -1.26. The summed E-state index contributed by atoms with van der Waals surface area (Å²) in [6.45, 7) is 2.95. The van der Waals surface area contributed by atoms with E-state index in [0.29, 0.717) is 10.6 Å². The van der Waals surface area contributed by atoms with E-state index in [1.165, 1.54) is 19.3 Å². The fourth-order valence-corrected chi connectivity index (χ4v) is 3.52. The van der Waals surface area contributed by atoms with Crippen molar-refractivity contribution in [2.24, 2.45) is 0 Å². The minimum absolute atomic E-state index is 0.0266. The molecule has 1 aromatic carbocycles. The number of rotatable bonds is 7. The van der Waals surface area contributed by atoms with Crippen molar-refractivity contribution in [3.63, 3.8) is 0 Å². The third-order valence-electron chi connectivity index (χ3n) is 4.15. The number of esters is 1. The Morgan fingerprint density at radius 3 is 2.62 bits per heavy atom. The van der Waals surface area contributed by atoms with Crippen LogP contribution >= 0.6 is 11.3 Å². The number of hydrogen-bond donors (Lipinski definition) is 2. The number of nitro benzene ring substituents is 1. The summed E-state index contributed by atoms with van der Waals surface area (Å²) in [6.07, 6.45) is 0.0998. The molecular formula is C20H16FN3O7S. The quantitative estimate of drug-likeness (QED) is 0.306. The molecule has 0 saturated heterocycles. The maximum absolute atomic E-state index is 13.4. The number of nitrogens with one attached hydrogen (secondary N) is 2. The van der Waals surface area contributed by atoms with E-state index in [1.807, 2.05) is 0 Å². The van der Waals surface area contributed by atoms with Gasteiger partial charge in [-0.05, 0) is 49.7 Å². The van der Waals surface area contributed by atoms with E-state index in [9.17, 15) is 28.9 Å². The average Bonchev–Trinajstić information content (AvgIpc) is 3.39. The van der Waals surface area contributed by atoms with Crippen molar-refractivity contribution >= 4 is 45.5 Å². The number of thiophene rings is 1. The van der Waals surface area contributed by atoms with Gasteiger partial charge >= 0.3 is 11.7 Å². The minimum Gasteiger partial charge on any atom is -0.459 e. The van der Waals surface area contributed by atoms with Crippen molar-refractivity contribution in [2.75, 3.05) is 10.6 Å². The number of anilines is 2. The number of hydrogen-bond acceptors (Lipinski definition) is 8. The fraction of sp³-hybridized carbons (Fsp3) is 0.150. The zero-order chi connectivity index (χ0) is 23.4. The van der Waals surface area contributed by atoms with Crippen LogP contribution < -0.4 is 10.6 Å². The Kier molecular flexibility index (Phi) is 6.64. The SMILES string of the molecule is Cc1cc(NC(=O)c2ccco2)sc1C(=O)OC(C)C(=O)Nc1ccc(F)c([N+](=O)[O-])c1. The zero-order valence-electron chi connectivity index (χ0n) is 16.7. The monoisotopic (exact) mass is 461 g/mol. The molecule has 0 saturated carbocycles. The molecule has 0 bridgehead atoms. The highest BCUT2D eigenvalue weighted by Crippen LogP contribution is 2.28. The largest absolute Gasteiger partial charge is 0.459 e. The summed E-state index contributed by atoms with van der Waals surface area (Å²) in [6, 6.07) is 7.47. The molecule has 0 aliphatic carbocycles. The summed E-state index contributed by atoms with van der Waals surface area (Å²) in [4.78, 5) is 46.9. The molecule has 0 aliphatic heterocycles. The van der Waals surface area contributed by atoms with Crippen LogP contribution in [0.1, 0.15) is 32.7 Å². The number of amides is 2. The van der Waals surface area contributed by atoms with Crippen LogP contribution in [0.4, 0.5) is 20.8 Å². The predicted octanol–water partition coefficient (Wildman–Crippen LogP) is 4.13. The van der Waals surface area contributed by atoms with Gasteiger partial charge in [-0.25, -0.2) is 4.79 Å². The van der Waals surface area contributed by atoms with Crippen molar-refractivity contribution in [3.8, 4) is 0 Å². The van der Waals surface area contributed by atoms with E-state index in [2.05, 4.69) is 10.6 Å². The topological polar surface area (TPSA) is 141 Å². The standard InChI is InChI=1S/C20H16FN3O7S/c1-10-8-16(23-19(26)15-4-3-7-30-15)32-17(10)20(27)31-11(2)18(25)22-12-5-6-13(21)14(9-12)24(28)29/h3-9,11H,1-2H3,(H,22,25)(H,23,26). The Balaban J connectivity index is 1.63. The lowest BCUT2D eigenvalue weighted by atomic mass is 10.2. The van der Waals surface area contributed by atoms with E-state index in [-0.39, 0.29) is 16.3 Å². The smallest absolute Gasteiger partial charge is 0.349 e. The fourth-order valence-electron chi connectivity index (χ4n) is 2.57. The molecule has 3 rings (SSSR count). The number of nitro groups is 1. The molecule has 166 valence electrons. The summed E-state index contributed by atoms with van der Waals surface area (Å²) >= 11 is 0.961. The molecule has 10 nitrogen and oxygen atoms in total. The number of benzene rings is 1. The van der Waals surface area contributed by atoms with Gasteiger partial charge in [-0.3, -0.25) is 19.7 Å². The second kappa shape index (κ2) is 9.39. The van der Waals surface area contributed by atoms with Gasteiger partial charge in [0.15, 0.2) is 11.9 Å². The molecule has 2 N–H and O–H groups in total. The van der Waals surface area contributed by atoms with Crippen LogP contribution in [0, 0.1) is 22.9 Å². The highest BCUT2D eigenvalue weighted by atomic mass is 32.1. The lowest BCUT2D eigenvalue weighted by Gasteiger charge is -2.13. The molecule has 1 atom stereocenters. The van der Waals surface area contributed by atoms with Gasteiger partial charge < -0.3 is 19.8 Å². The van der Waals surface area contributed by atoms with Crippen molar-refractivity contribution < 1.29 is 32.9 Å². The van der Waals surface area contributed by atoms with Gasteiger partial charge in [0, 0.05) is 11.8 Å². The van der Waals surface area contributed by atoms with Gasteiger partial charge in [-0.15, -0.1) is 11.3 Å². The first-order valence-electron chi connectivity index (χ1n) is 9.06. The third-order valence-corrected chi connectivity index (χ3v) is 5.28. The van der Waals surface area contributed by atoms with Gasteiger partial charge in [0.1, 0.15) is 4.88 Å². The maximum atomic E-state index is 13.4. The molecule has 0 radical (unpaired) electrons. The molecule has 32 heavy (non-hydrogen) atoms. The van der Waals surface area contributed by atoms with Crippen LogP contribution in [0.15, 0.2) is 47.1 Å². The van der Waals surface area contributed by atoms with Crippen molar-refractivity contribution in [2.45, 2.75) is 20.0 Å². The summed E-state index contributed by atoms with van der Waals surface area (Å²) in [7, 11) is 0. The van der Waals surface area contributed by atoms with Gasteiger partial charge in [-0.2, -0.15) is 4.39 Å². The molecule has 2 aromatic heterocycles. The number of carbonyl (C=O) groups is 3. The lowest BCUT2D eigenvalue weighted by molar-refractivity contribution is -0.387. The van der Waals surface area contributed by atoms with Gasteiger partial charge in [-0.1, -0.05) is 0 Å². The number of nitrogens with zero attached hydrogens (tertiary/aromatic N) is 1. The van der Waals surface area contributed by atoms with Gasteiger partial charge in [0.2, 0.25) is 5.82 Å². The van der Waals surface area contributed by atoms with E-state index >= 15 is 0 Å². The number of aryl methyl sites for hydroxylation is 1. The Morgan fingerprint density at radius 1 is 1.22 bits per heavy atom. The number of carbonyl (C=O) groups excluding carboxylic acids is 3. The van der Waals surface area contributed by atoms with Crippen LogP contribution in [0.5, 0.6) is 0 Å². The van der Waals surface area contributed by atoms with Gasteiger partial charge in [0.05, 0.1) is 16.2 Å². The van der Waals surface area contributed by atoms with Crippen molar-refractivity contribution in [3.05, 3.63) is 74.8 Å². The lowest BCUT2D eigenvalue weighted by Crippen LogP contribution is -2.30. The Bertz CT molecular complexity index is 1190. The predicted molar refractivity (Wildman–Crippen MR) is 112 cm³/mol. The number of furan rings is 1. The summed E-state index contributed by atoms with van der Waals surface area (Å²) in [5, 5.41) is 16.1. The van der Waals surface area contributed by atoms with Crippen LogP contribution in [-0.2, 0) is 9.53 Å². The van der Waals surface area contributed by atoms with Crippen LogP contribution in [0.2, 0.25) is 0 Å². The van der Waals surface area contributed by atoms with Gasteiger partial charge in [0.25, 0.3) is 11.8 Å². The highest BCUT2D eigenvalue weighted by molar-refractivity contribution is 7.18. The molecule has 12 heteroatoms. The van der Waals surface area contributed by atoms with Crippen LogP contribution in [0.3, 0.4) is 0 Å². The summed E-state index contributed by atoms with van der Waals surface area (Å²) in [5.41, 5.74) is -0.302. The van der Waals surface area contributed by atoms with E-state index in [1.54, 1.807) is 19.1 Å². The first kappa shape index (κ1) is 22.6. The molecule has 0 aliphatic rings. The van der Waals surface area contributed by atoms with Crippen molar-refractivity contribution in [1.82, 2.24) is 0 Å². The number of ether oxygens (including phenoxy) is 1. The molecular weight excluding hydrogens is 445 g/mol. The first-order valence-corrected chi connectivity index (χ1v) is 9.88. The highest BCUT2D eigenvalue weighted by Gasteiger charge is 2.24. The maximum Gasteiger partial charge on any atom is 0.349 e. The third kappa shape index (κ3) is 5.16. The second-order valence-corrected chi connectivity index (χ2v) is 7.57. The van der Waals surface area contributed by atoms with E-state index in [4.69, 9.17) is 9.15 Å². The van der Waals surface area contributed by atoms with E-state index in [0.717, 1.165) is 29.5 Å². The Morgan fingerprint density at radius 2 is 1.97 bits per heavy atom. The molecule has 0 spiro atoms. The average molecular weight is 461 g/mol. The molecule has 2 amide bonds. The zero-order valence-corrected chi connectivity index (χ0v) is 17.5. The second-order valence-electron chi connectivity index (χ2n) is 6.51. The Labute approximate surface area is 184 Å². The van der Waals surface area contributed by atoms with Crippen molar-refractivity contribution in [1.29, 1.82) is 0 Å². The number of halogens is 1.